The van der Waals surface area contributed by atoms with Crippen LogP contribution in [0.15, 0.2) is 65.4 Å². The highest BCUT2D eigenvalue weighted by Gasteiger charge is 2.07. The van der Waals surface area contributed by atoms with Gasteiger partial charge in [-0.05, 0) is 57.4 Å². The lowest BCUT2D eigenvalue weighted by molar-refractivity contribution is 0.398. The third kappa shape index (κ3) is 2.82. The summed E-state index contributed by atoms with van der Waals surface area (Å²) >= 11 is 3.28. The van der Waals surface area contributed by atoms with Crippen LogP contribution in [0.2, 0.25) is 0 Å². The average Bonchev–Trinajstić information content (AvgIpc) is 3.05. The predicted octanol–water partition coefficient (Wildman–Crippen LogP) is 5.30. The summed E-state index contributed by atoms with van der Waals surface area (Å²) in [7, 11) is 0. The van der Waals surface area contributed by atoms with Crippen LogP contribution in [0, 0.1) is 0 Å². The van der Waals surface area contributed by atoms with E-state index in [9.17, 15) is 0 Å². The number of halogens is 1. The number of furan rings is 1. The van der Waals surface area contributed by atoms with E-state index in [-0.39, 0.29) is 0 Å². The monoisotopic (exact) mass is 367 g/mol. The van der Waals surface area contributed by atoms with Crippen LogP contribution in [0.5, 0.6) is 5.75 Å². The molecule has 0 bridgehead atoms. The molecule has 2 heterocycles. The minimum Gasteiger partial charge on any atom is -0.482 e. The number of rotatable bonds is 4. The number of benzene rings is 2. The fourth-order valence-corrected chi connectivity index (χ4v) is 3.08. The quantitative estimate of drug-likeness (QED) is 0.459. The number of fused-ring (bicyclic) bond motifs is 2. The summed E-state index contributed by atoms with van der Waals surface area (Å²) in [5.74, 6) is 0.835. The van der Waals surface area contributed by atoms with Crippen LogP contribution in [0.3, 0.4) is 0 Å². The molecule has 2 aromatic carbocycles. The van der Waals surface area contributed by atoms with Crippen molar-refractivity contribution in [2.75, 3.05) is 5.52 Å². The Morgan fingerprint density at radius 2 is 2.00 bits per heavy atom. The minimum atomic E-state index is 0.478. The van der Waals surface area contributed by atoms with E-state index in [0.717, 1.165) is 39.6 Å². The molecule has 4 rings (SSSR count). The highest BCUT2D eigenvalue weighted by molar-refractivity contribution is 9.09. The fourth-order valence-electron chi connectivity index (χ4n) is 2.82. The summed E-state index contributed by atoms with van der Waals surface area (Å²) in [5, 5.41) is 2.21. The number of pyridine rings is 1. The lowest BCUT2D eigenvalue weighted by Gasteiger charge is -2.06. The number of nitrogens with zero attached hydrogens (tertiary/aromatic N) is 1. The zero-order valence-electron chi connectivity index (χ0n) is 12.3. The SMILES string of the molecule is BrCOc1ccc2ncc(Cc3cccc4ccoc34)cc2c1. The van der Waals surface area contributed by atoms with Gasteiger partial charge in [0.25, 0.3) is 0 Å². The van der Waals surface area contributed by atoms with Gasteiger partial charge in [-0.3, -0.25) is 4.98 Å². The van der Waals surface area contributed by atoms with Crippen LogP contribution in [-0.2, 0) is 6.42 Å². The van der Waals surface area contributed by atoms with Gasteiger partial charge in [-0.15, -0.1) is 0 Å². The first-order chi connectivity index (χ1) is 11.3. The van der Waals surface area contributed by atoms with E-state index < -0.39 is 0 Å². The van der Waals surface area contributed by atoms with Gasteiger partial charge in [0.15, 0.2) is 0 Å². The van der Waals surface area contributed by atoms with Crippen molar-refractivity contribution < 1.29 is 9.15 Å². The molecule has 0 radical (unpaired) electrons. The van der Waals surface area contributed by atoms with Crippen molar-refractivity contribution >= 4 is 37.8 Å². The van der Waals surface area contributed by atoms with Crippen molar-refractivity contribution in [3.8, 4) is 5.75 Å². The third-order valence-electron chi connectivity index (χ3n) is 3.89. The van der Waals surface area contributed by atoms with Gasteiger partial charge in [-0.2, -0.15) is 0 Å². The van der Waals surface area contributed by atoms with Gasteiger partial charge in [0.05, 0.1) is 11.8 Å². The first kappa shape index (κ1) is 14.3. The Morgan fingerprint density at radius 3 is 2.91 bits per heavy atom. The highest BCUT2D eigenvalue weighted by Crippen LogP contribution is 2.25. The molecule has 0 aliphatic carbocycles. The molecule has 0 unspecified atom stereocenters. The molecule has 114 valence electrons. The Morgan fingerprint density at radius 1 is 1.04 bits per heavy atom. The van der Waals surface area contributed by atoms with E-state index in [1.165, 1.54) is 5.56 Å². The van der Waals surface area contributed by atoms with E-state index in [1.54, 1.807) is 6.26 Å². The summed E-state index contributed by atoms with van der Waals surface area (Å²) < 4.78 is 11.1. The van der Waals surface area contributed by atoms with E-state index >= 15 is 0 Å². The van der Waals surface area contributed by atoms with Crippen LogP contribution >= 0.6 is 15.9 Å². The lowest BCUT2D eigenvalue weighted by atomic mass is 10.0. The van der Waals surface area contributed by atoms with Crippen LogP contribution in [0.25, 0.3) is 21.9 Å². The van der Waals surface area contributed by atoms with Crippen molar-refractivity contribution in [3.63, 3.8) is 0 Å². The Kier molecular flexibility index (Phi) is 3.75. The van der Waals surface area contributed by atoms with Crippen molar-refractivity contribution in [3.05, 3.63) is 72.1 Å². The summed E-state index contributed by atoms with van der Waals surface area (Å²) in [6.07, 6.45) is 4.45. The molecule has 0 aliphatic heterocycles. The van der Waals surface area contributed by atoms with Gasteiger partial charge < -0.3 is 9.15 Å². The number of ether oxygens (including phenoxy) is 1. The topological polar surface area (TPSA) is 35.3 Å². The first-order valence-corrected chi connectivity index (χ1v) is 8.48. The molecule has 0 N–H and O–H groups in total. The summed E-state index contributed by atoms with van der Waals surface area (Å²) in [5.41, 5.74) is 4.71. The predicted molar refractivity (Wildman–Crippen MR) is 95.2 cm³/mol. The van der Waals surface area contributed by atoms with Crippen molar-refractivity contribution in [1.29, 1.82) is 0 Å². The van der Waals surface area contributed by atoms with Gasteiger partial charge >= 0.3 is 0 Å². The van der Waals surface area contributed by atoms with E-state index in [1.807, 2.05) is 30.5 Å². The molecular formula is C19H14BrNO2. The standard InChI is InChI=1S/C19H14BrNO2/c20-12-23-17-4-5-18-16(10-17)9-13(11-21-18)8-15-3-1-2-14-6-7-22-19(14)15/h1-7,9-11H,8,12H2. The molecule has 4 aromatic rings. The lowest BCUT2D eigenvalue weighted by Crippen LogP contribution is -1.92. The minimum absolute atomic E-state index is 0.478. The molecule has 2 aromatic heterocycles. The number of aromatic nitrogens is 1. The molecule has 0 amide bonds. The van der Waals surface area contributed by atoms with E-state index in [4.69, 9.17) is 9.15 Å². The summed E-state index contributed by atoms with van der Waals surface area (Å²) in [6, 6.07) is 16.3. The maximum Gasteiger partial charge on any atom is 0.143 e. The van der Waals surface area contributed by atoms with E-state index in [0.29, 0.717) is 5.52 Å². The van der Waals surface area contributed by atoms with Crippen molar-refractivity contribution in [2.45, 2.75) is 6.42 Å². The van der Waals surface area contributed by atoms with Gasteiger partial charge in [0.2, 0.25) is 0 Å². The van der Waals surface area contributed by atoms with Gasteiger partial charge in [-0.25, -0.2) is 0 Å². The second-order valence-corrected chi connectivity index (χ2v) is 5.84. The van der Waals surface area contributed by atoms with Crippen LogP contribution < -0.4 is 4.74 Å². The molecule has 0 fully saturated rings. The second-order valence-electron chi connectivity index (χ2n) is 5.38. The Bertz CT molecular complexity index is 977. The number of para-hydroxylation sites is 1. The number of hydrogen-bond acceptors (Lipinski definition) is 3. The van der Waals surface area contributed by atoms with Crippen LogP contribution in [0.4, 0.5) is 0 Å². The maximum atomic E-state index is 5.61. The maximum absolute atomic E-state index is 5.61. The molecular weight excluding hydrogens is 354 g/mol. The fraction of sp³-hybridized carbons (Fsp3) is 0.105. The average molecular weight is 368 g/mol. The molecule has 4 heteroatoms. The zero-order valence-corrected chi connectivity index (χ0v) is 13.9. The first-order valence-electron chi connectivity index (χ1n) is 7.36. The highest BCUT2D eigenvalue weighted by atomic mass is 79.9. The Hall–Kier alpha value is -2.33. The smallest absolute Gasteiger partial charge is 0.143 e. The Balaban J connectivity index is 1.72. The van der Waals surface area contributed by atoms with Crippen molar-refractivity contribution in [2.24, 2.45) is 0 Å². The molecule has 0 saturated carbocycles. The molecule has 0 spiro atoms. The summed E-state index contributed by atoms with van der Waals surface area (Å²) in [4.78, 5) is 4.55. The van der Waals surface area contributed by atoms with Crippen molar-refractivity contribution in [1.82, 2.24) is 4.98 Å². The molecule has 3 nitrogen and oxygen atoms in total. The van der Waals surface area contributed by atoms with Gasteiger partial charge in [0, 0.05) is 23.4 Å². The molecule has 0 atom stereocenters. The largest absolute Gasteiger partial charge is 0.482 e. The van der Waals surface area contributed by atoms with Gasteiger partial charge in [0.1, 0.15) is 16.8 Å². The van der Waals surface area contributed by atoms with Crippen LogP contribution in [0.1, 0.15) is 11.1 Å². The number of alkyl halides is 1. The molecule has 0 saturated heterocycles. The number of hydrogen-bond donors (Lipinski definition) is 0. The normalized spacial score (nSPS) is 11.2. The second kappa shape index (κ2) is 6.05. The van der Waals surface area contributed by atoms with E-state index in [2.05, 4.69) is 45.2 Å². The van der Waals surface area contributed by atoms with Gasteiger partial charge in [-0.1, -0.05) is 18.2 Å². The Labute approximate surface area is 142 Å². The molecule has 0 aliphatic rings. The summed E-state index contributed by atoms with van der Waals surface area (Å²) in [6.45, 7) is 0. The van der Waals surface area contributed by atoms with Crippen LogP contribution in [-0.4, -0.2) is 10.5 Å². The molecule has 23 heavy (non-hydrogen) atoms. The zero-order chi connectivity index (χ0) is 15.6. The third-order valence-corrected chi connectivity index (χ3v) is 4.11.